The lowest BCUT2D eigenvalue weighted by Gasteiger charge is -2.31. The molecule has 1 aliphatic rings. The maximum absolute atomic E-state index is 12.2. The van der Waals surface area contributed by atoms with Crippen molar-refractivity contribution in [1.82, 2.24) is 10.2 Å². The number of nitrogens with zero attached hydrogens (tertiary/aromatic N) is 2. The Bertz CT molecular complexity index is 469. The largest absolute Gasteiger partial charge is 0.317 e. The Morgan fingerprint density at radius 1 is 1.37 bits per heavy atom. The predicted molar refractivity (Wildman–Crippen MR) is 74.0 cm³/mol. The smallest absolute Gasteiger partial charge is 0.176 e. The highest BCUT2D eigenvalue weighted by Crippen LogP contribution is 2.11. The van der Waals surface area contributed by atoms with Gasteiger partial charge in [-0.05, 0) is 45.1 Å². The van der Waals surface area contributed by atoms with Crippen molar-refractivity contribution in [2.45, 2.75) is 18.9 Å². The topological polar surface area (TPSA) is 56.1 Å². The molecule has 4 nitrogen and oxygen atoms in total. The average molecular weight is 257 g/mol. The summed E-state index contributed by atoms with van der Waals surface area (Å²) in [5.41, 5.74) is 1.27. The van der Waals surface area contributed by atoms with Crippen molar-refractivity contribution >= 4 is 5.78 Å². The van der Waals surface area contributed by atoms with E-state index in [9.17, 15) is 4.79 Å². The number of nitriles is 1. The first kappa shape index (κ1) is 13.7. The first-order chi connectivity index (χ1) is 9.20. The Kier molecular flexibility index (Phi) is 4.67. The molecule has 0 atom stereocenters. The van der Waals surface area contributed by atoms with Crippen molar-refractivity contribution in [3.63, 3.8) is 0 Å². The molecule has 0 spiro atoms. The van der Waals surface area contributed by atoms with Crippen molar-refractivity contribution in [3.05, 3.63) is 35.4 Å². The van der Waals surface area contributed by atoms with Crippen LogP contribution >= 0.6 is 0 Å². The van der Waals surface area contributed by atoms with Crippen LogP contribution in [0.2, 0.25) is 0 Å². The van der Waals surface area contributed by atoms with E-state index in [2.05, 4.69) is 16.3 Å². The third kappa shape index (κ3) is 3.63. The van der Waals surface area contributed by atoms with Crippen molar-refractivity contribution < 1.29 is 4.79 Å². The normalized spacial score (nSPS) is 16.3. The molecule has 0 aromatic heterocycles. The molecule has 1 aromatic rings. The molecule has 0 unspecified atom stereocenters. The maximum atomic E-state index is 12.2. The maximum Gasteiger partial charge on any atom is 0.176 e. The van der Waals surface area contributed by atoms with Gasteiger partial charge in [0.2, 0.25) is 0 Å². The summed E-state index contributed by atoms with van der Waals surface area (Å²) in [5.74, 6) is 0.116. The number of carbonyl (C=O) groups is 1. The van der Waals surface area contributed by atoms with E-state index in [0.29, 0.717) is 23.7 Å². The molecule has 4 heteroatoms. The van der Waals surface area contributed by atoms with Gasteiger partial charge in [-0.2, -0.15) is 5.26 Å². The quantitative estimate of drug-likeness (QED) is 0.829. The number of nitrogens with one attached hydrogen (secondary N) is 1. The van der Waals surface area contributed by atoms with E-state index < -0.39 is 0 Å². The number of carbonyl (C=O) groups excluding carboxylic acids is 1. The molecule has 1 heterocycles. The zero-order valence-electron chi connectivity index (χ0n) is 11.2. The van der Waals surface area contributed by atoms with E-state index in [4.69, 9.17) is 5.26 Å². The summed E-state index contributed by atoms with van der Waals surface area (Å²) < 4.78 is 0. The zero-order chi connectivity index (χ0) is 13.7. The van der Waals surface area contributed by atoms with Gasteiger partial charge >= 0.3 is 0 Å². The van der Waals surface area contributed by atoms with Crippen LogP contribution in [0, 0.1) is 11.3 Å². The van der Waals surface area contributed by atoms with Crippen LogP contribution in [0.5, 0.6) is 0 Å². The number of likely N-dealkylation sites (N-methyl/N-ethyl adjacent to an activating group) is 1. The molecule has 1 aromatic carbocycles. The van der Waals surface area contributed by atoms with E-state index in [1.165, 1.54) is 0 Å². The van der Waals surface area contributed by atoms with Crippen molar-refractivity contribution in [2.75, 3.05) is 26.7 Å². The molecule has 1 N–H and O–H groups in total. The first-order valence-electron chi connectivity index (χ1n) is 6.65. The number of Topliss-reactive ketones (excluding diaryl/α,β-unsaturated/α-hetero) is 1. The lowest BCUT2D eigenvalue weighted by atomic mass is 10.0. The molecule has 1 aliphatic heterocycles. The second-order valence-electron chi connectivity index (χ2n) is 5.01. The Balaban J connectivity index is 1.94. The highest BCUT2D eigenvalue weighted by molar-refractivity contribution is 5.97. The standard InChI is InChI=1S/C15H19N3O/c1-18(14-6-8-17-9-7-14)11-15(19)13-4-2-12(10-16)3-5-13/h2-5,14,17H,6-9,11H2,1H3. The Labute approximate surface area is 114 Å². The lowest BCUT2D eigenvalue weighted by molar-refractivity contribution is 0.0903. The zero-order valence-corrected chi connectivity index (χ0v) is 11.2. The number of ketones is 1. The van der Waals surface area contributed by atoms with Crippen LogP contribution in [0.15, 0.2) is 24.3 Å². The minimum Gasteiger partial charge on any atom is -0.317 e. The number of hydrogen-bond acceptors (Lipinski definition) is 4. The monoisotopic (exact) mass is 257 g/mol. The number of benzene rings is 1. The van der Waals surface area contributed by atoms with Gasteiger partial charge in [-0.15, -0.1) is 0 Å². The molecule has 0 aliphatic carbocycles. The van der Waals surface area contributed by atoms with Crippen LogP contribution < -0.4 is 5.32 Å². The molecular formula is C15H19N3O. The number of hydrogen-bond donors (Lipinski definition) is 1. The summed E-state index contributed by atoms with van der Waals surface area (Å²) in [5, 5.41) is 12.1. The third-order valence-electron chi connectivity index (χ3n) is 3.66. The molecule has 100 valence electrons. The summed E-state index contributed by atoms with van der Waals surface area (Å²) in [7, 11) is 2.01. The van der Waals surface area contributed by atoms with Gasteiger partial charge in [-0.25, -0.2) is 0 Å². The van der Waals surface area contributed by atoms with Gasteiger partial charge in [0.1, 0.15) is 0 Å². The van der Waals surface area contributed by atoms with Crippen LogP contribution in [0.4, 0.5) is 0 Å². The van der Waals surface area contributed by atoms with Crippen LogP contribution in [0.1, 0.15) is 28.8 Å². The fraction of sp³-hybridized carbons (Fsp3) is 0.467. The van der Waals surface area contributed by atoms with E-state index in [0.717, 1.165) is 25.9 Å². The molecular weight excluding hydrogens is 238 g/mol. The molecule has 0 bridgehead atoms. The van der Waals surface area contributed by atoms with Crippen molar-refractivity contribution in [1.29, 1.82) is 5.26 Å². The minimum absolute atomic E-state index is 0.116. The van der Waals surface area contributed by atoms with E-state index in [1.54, 1.807) is 24.3 Å². The molecule has 0 amide bonds. The highest BCUT2D eigenvalue weighted by atomic mass is 16.1. The predicted octanol–water partition coefficient (Wildman–Crippen LogP) is 1.42. The summed E-state index contributed by atoms with van der Waals surface area (Å²) in [4.78, 5) is 14.3. The molecule has 0 radical (unpaired) electrons. The van der Waals surface area contributed by atoms with Gasteiger partial charge < -0.3 is 5.32 Å². The minimum atomic E-state index is 0.116. The van der Waals surface area contributed by atoms with Gasteiger partial charge in [-0.1, -0.05) is 12.1 Å². The molecule has 1 fully saturated rings. The summed E-state index contributed by atoms with van der Waals surface area (Å²) in [6.45, 7) is 2.50. The number of rotatable bonds is 4. The SMILES string of the molecule is CN(CC(=O)c1ccc(C#N)cc1)C1CCNCC1. The van der Waals surface area contributed by atoms with Gasteiger partial charge in [-0.3, -0.25) is 9.69 Å². The van der Waals surface area contributed by atoms with Gasteiger partial charge in [0.15, 0.2) is 5.78 Å². The van der Waals surface area contributed by atoms with Crippen molar-refractivity contribution in [2.24, 2.45) is 0 Å². The van der Waals surface area contributed by atoms with Crippen molar-refractivity contribution in [3.8, 4) is 6.07 Å². The van der Waals surface area contributed by atoms with Crippen LogP contribution in [-0.4, -0.2) is 43.4 Å². The molecule has 1 saturated heterocycles. The molecule has 0 saturated carbocycles. The summed E-state index contributed by atoms with van der Waals surface area (Å²) >= 11 is 0. The molecule has 2 rings (SSSR count). The Morgan fingerprint density at radius 2 is 2.00 bits per heavy atom. The first-order valence-corrected chi connectivity index (χ1v) is 6.65. The van der Waals surface area contributed by atoms with E-state index >= 15 is 0 Å². The summed E-state index contributed by atoms with van der Waals surface area (Å²) in [6, 6.07) is 9.40. The van der Waals surface area contributed by atoms with Crippen LogP contribution in [-0.2, 0) is 0 Å². The van der Waals surface area contributed by atoms with Gasteiger partial charge in [0, 0.05) is 11.6 Å². The summed E-state index contributed by atoms with van der Waals surface area (Å²) in [6.07, 6.45) is 2.19. The van der Waals surface area contributed by atoms with E-state index in [-0.39, 0.29) is 5.78 Å². The van der Waals surface area contributed by atoms with Crippen LogP contribution in [0.25, 0.3) is 0 Å². The van der Waals surface area contributed by atoms with Crippen LogP contribution in [0.3, 0.4) is 0 Å². The fourth-order valence-corrected chi connectivity index (χ4v) is 2.43. The number of piperidine rings is 1. The average Bonchev–Trinajstić information content (AvgIpc) is 2.48. The highest BCUT2D eigenvalue weighted by Gasteiger charge is 2.20. The molecule has 19 heavy (non-hydrogen) atoms. The second kappa shape index (κ2) is 6.46. The Hall–Kier alpha value is -1.70. The van der Waals surface area contributed by atoms with Gasteiger partial charge in [0.05, 0.1) is 18.2 Å². The third-order valence-corrected chi connectivity index (χ3v) is 3.66. The lowest BCUT2D eigenvalue weighted by Crippen LogP contribution is -2.43. The van der Waals surface area contributed by atoms with Gasteiger partial charge in [0.25, 0.3) is 0 Å². The van der Waals surface area contributed by atoms with E-state index in [1.807, 2.05) is 7.05 Å². The second-order valence-corrected chi connectivity index (χ2v) is 5.01. The fourth-order valence-electron chi connectivity index (χ4n) is 2.43. The Morgan fingerprint density at radius 3 is 2.58 bits per heavy atom.